The van der Waals surface area contributed by atoms with Crippen molar-refractivity contribution in [1.82, 2.24) is 4.90 Å². The predicted molar refractivity (Wildman–Crippen MR) is 53.3 cm³/mol. The highest BCUT2D eigenvalue weighted by Crippen LogP contribution is 2.14. The molecule has 0 atom stereocenters. The molecule has 0 heterocycles. The molecule has 0 spiro atoms. The van der Waals surface area contributed by atoms with Gasteiger partial charge in [-0.05, 0) is 31.8 Å². The van der Waals surface area contributed by atoms with Gasteiger partial charge in [0.25, 0.3) is 0 Å². The van der Waals surface area contributed by atoms with E-state index in [-0.39, 0.29) is 0 Å². The number of unbranched alkanes of at least 4 members (excludes halogenated alkanes) is 1. The lowest BCUT2D eigenvalue weighted by Crippen LogP contribution is -2.30. The Hall–Kier alpha value is -0.0800. The topological polar surface area (TPSA) is 23.5 Å². The van der Waals surface area contributed by atoms with Crippen LogP contribution in [0.4, 0.5) is 0 Å². The lowest BCUT2D eigenvalue weighted by Gasteiger charge is -2.26. The molecule has 0 saturated carbocycles. The summed E-state index contributed by atoms with van der Waals surface area (Å²) >= 11 is 0. The summed E-state index contributed by atoms with van der Waals surface area (Å²) in [6, 6.07) is 0. The molecule has 0 saturated heterocycles. The van der Waals surface area contributed by atoms with Crippen LogP contribution in [-0.2, 0) is 0 Å². The van der Waals surface area contributed by atoms with Gasteiger partial charge in [-0.3, -0.25) is 0 Å². The second-order valence-corrected chi connectivity index (χ2v) is 4.73. The van der Waals surface area contributed by atoms with Gasteiger partial charge in [-0.25, -0.2) is 0 Å². The molecule has 0 aliphatic rings. The molecular weight excluding hydrogens is 150 g/mol. The molecule has 0 amide bonds. The molecule has 1 N–H and O–H groups in total. The third-order valence-electron chi connectivity index (χ3n) is 1.69. The highest BCUT2D eigenvalue weighted by Gasteiger charge is 2.12. The summed E-state index contributed by atoms with van der Waals surface area (Å²) in [6.45, 7) is 9.28. The van der Waals surface area contributed by atoms with Crippen molar-refractivity contribution in [2.24, 2.45) is 5.41 Å². The summed E-state index contributed by atoms with van der Waals surface area (Å²) in [5.74, 6) is 0. The maximum Gasteiger partial charge on any atom is 0.0431 e. The van der Waals surface area contributed by atoms with E-state index in [0.717, 1.165) is 25.9 Å². The van der Waals surface area contributed by atoms with Crippen LogP contribution in [-0.4, -0.2) is 36.8 Å². The number of hydrogen-bond donors (Lipinski definition) is 1. The van der Waals surface area contributed by atoms with Crippen LogP contribution < -0.4 is 0 Å². The summed E-state index contributed by atoms with van der Waals surface area (Å²) < 4.78 is 0. The highest BCUT2D eigenvalue weighted by atomic mass is 16.2. The van der Waals surface area contributed by atoms with E-state index < -0.39 is 0 Å². The van der Waals surface area contributed by atoms with Gasteiger partial charge in [0.1, 0.15) is 0 Å². The number of aliphatic hydroxyl groups is 1. The van der Waals surface area contributed by atoms with Gasteiger partial charge < -0.3 is 10.0 Å². The maximum atomic E-state index is 8.59. The van der Waals surface area contributed by atoms with E-state index in [1.54, 1.807) is 0 Å². The lowest BCUT2D eigenvalue weighted by molar-refractivity contribution is 0.213. The summed E-state index contributed by atoms with van der Waals surface area (Å²) in [5.41, 5.74) is 0.383. The molecule has 12 heavy (non-hydrogen) atoms. The molecule has 0 bridgehead atoms. The lowest BCUT2D eigenvalue weighted by atomic mass is 9.96. The molecule has 2 heteroatoms. The first kappa shape index (κ1) is 11.9. The van der Waals surface area contributed by atoms with E-state index in [1.807, 2.05) is 0 Å². The monoisotopic (exact) mass is 173 g/mol. The molecule has 0 aliphatic heterocycles. The van der Waals surface area contributed by atoms with Crippen LogP contribution in [0.2, 0.25) is 0 Å². The minimum absolute atomic E-state index is 0.323. The largest absolute Gasteiger partial charge is 0.396 e. The van der Waals surface area contributed by atoms with Gasteiger partial charge in [0, 0.05) is 13.2 Å². The van der Waals surface area contributed by atoms with Crippen molar-refractivity contribution in [3.63, 3.8) is 0 Å². The zero-order chi connectivity index (χ0) is 9.61. The Balaban J connectivity index is 3.40. The van der Waals surface area contributed by atoms with E-state index in [9.17, 15) is 0 Å². The number of hydrogen-bond acceptors (Lipinski definition) is 2. The zero-order valence-corrected chi connectivity index (χ0v) is 8.93. The first-order chi connectivity index (χ1) is 5.45. The van der Waals surface area contributed by atoms with Crippen molar-refractivity contribution in [2.75, 3.05) is 26.7 Å². The first-order valence-corrected chi connectivity index (χ1v) is 4.75. The van der Waals surface area contributed by atoms with Crippen LogP contribution in [0.3, 0.4) is 0 Å². The highest BCUT2D eigenvalue weighted by molar-refractivity contribution is 4.66. The van der Waals surface area contributed by atoms with Crippen molar-refractivity contribution >= 4 is 0 Å². The van der Waals surface area contributed by atoms with Gasteiger partial charge in [0.05, 0.1) is 0 Å². The van der Waals surface area contributed by atoms with Gasteiger partial charge in [-0.15, -0.1) is 0 Å². The van der Waals surface area contributed by atoms with E-state index in [4.69, 9.17) is 5.11 Å². The van der Waals surface area contributed by atoms with Gasteiger partial charge in [0.2, 0.25) is 0 Å². The minimum atomic E-state index is 0.323. The number of nitrogens with zero attached hydrogens (tertiary/aromatic N) is 1. The van der Waals surface area contributed by atoms with E-state index >= 15 is 0 Å². The Labute approximate surface area is 76.6 Å². The van der Waals surface area contributed by atoms with Crippen LogP contribution in [0.15, 0.2) is 0 Å². The molecule has 2 nitrogen and oxygen atoms in total. The van der Waals surface area contributed by atoms with E-state index in [1.165, 1.54) is 0 Å². The minimum Gasteiger partial charge on any atom is -0.396 e. The first-order valence-electron chi connectivity index (χ1n) is 4.75. The summed E-state index contributed by atoms with van der Waals surface area (Å²) in [7, 11) is 2.14. The van der Waals surface area contributed by atoms with Crippen LogP contribution in [0.5, 0.6) is 0 Å². The molecule has 0 unspecified atom stereocenters. The average molecular weight is 173 g/mol. The van der Waals surface area contributed by atoms with Gasteiger partial charge in [-0.2, -0.15) is 0 Å². The number of rotatable bonds is 5. The second-order valence-electron chi connectivity index (χ2n) is 4.73. The third-order valence-corrected chi connectivity index (χ3v) is 1.69. The zero-order valence-electron chi connectivity index (χ0n) is 8.93. The molecule has 0 aliphatic carbocycles. The second kappa shape index (κ2) is 5.55. The summed E-state index contributed by atoms with van der Waals surface area (Å²) in [4.78, 5) is 2.33. The SMILES string of the molecule is CN(CCCCO)CC(C)(C)C. The van der Waals surface area contributed by atoms with Crippen molar-refractivity contribution in [3.8, 4) is 0 Å². The van der Waals surface area contributed by atoms with Crippen LogP contribution in [0.1, 0.15) is 33.6 Å². The molecule has 0 radical (unpaired) electrons. The standard InChI is InChI=1S/C10H23NO/c1-10(2,3)9-11(4)7-5-6-8-12/h12H,5-9H2,1-4H3. The fraction of sp³-hybridized carbons (Fsp3) is 1.00. The average Bonchev–Trinajstić information content (AvgIpc) is 1.84. The Morgan fingerprint density at radius 2 is 1.75 bits per heavy atom. The molecule has 0 rings (SSSR count). The van der Waals surface area contributed by atoms with Gasteiger partial charge in [-0.1, -0.05) is 20.8 Å². The molecule has 0 aromatic carbocycles. The van der Waals surface area contributed by atoms with Crippen LogP contribution in [0.25, 0.3) is 0 Å². The third kappa shape index (κ3) is 8.02. The van der Waals surface area contributed by atoms with Gasteiger partial charge >= 0.3 is 0 Å². The molecule has 0 aromatic rings. The number of aliphatic hydroxyl groups excluding tert-OH is 1. The van der Waals surface area contributed by atoms with Crippen molar-refractivity contribution in [1.29, 1.82) is 0 Å². The fourth-order valence-electron chi connectivity index (χ4n) is 1.38. The van der Waals surface area contributed by atoms with Crippen LogP contribution in [0, 0.1) is 5.41 Å². The Morgan fingerprint density at radius 1 is 1.17 bits per heavy atom. The Bertz CT molecular complexity index is 107. The van der Waals surface area contributed by atoms with Crippen molar-refractivity contribution in [3.05, 3.63) is 0 Å². The van der Waals surface area contributed by atoms with Crippen molar-refractivity contribution in [2.45, 2.75) is 33.6 Å². The normalized spacial score (nSPS) is 12.5. The molecular formula is C10H23NO. The fourth-order valence-corrected chi connectivity index (χ4v) is 1.38. The van der Waals surface area contributed by atoms with Crippen LogP contribution >= 0.6 is 0 Å². The molecule has 74 valence electrons. The van der Waals surface area contributed by atoms with Gasteiger partial charge in [0.15, 0.2) is 0 Å². The van der Waals surface area contributed by atoms with Crippen molar-refractivity contribution < 1.29 is 5.11 Å². The molecule has 0 fully saturated rings. The van der Waals surface area contributed by atoms with E-state index in [2.05, 4.69) is 32.7 Å². The predicted octanol–water partition coefficient (Wildman–Crippen LogP) is 1.74. The smallest absolute Gasteiger partial charge is 0.0431 e. The summed E-state index contributed by atoms with van der Waals surface area (Å²) in [6.07, 6.45) is 2.03. The maximum absolute atomic E-state index is 8.59. The summed E-state index contributed by atoms with van der Waals surface area (Å²) in [5, 5.41) is 8.59. The Kier molecular flexibility index (Phi) is 5.51. The Morgan fingerprint density at radius 3 is 2.17 bits per heavy atom. The quantitative estimate of drug-likeness (QED) is 0.640. The molecule has 0 aromatic heterocycles. The van der Waals surface area contributed by atoms with E-state index in [0.29, 0.717) is 12.0 Å².